The summed E-state index contributed by atoms with van der Waals surface area (Å²) in [6.07, 6.45) is -1.31. The van der Waals surface area contributed by atoms with Crippen molar-refractivity contribution in [2.45, 2.75) is 32.5 Å². The molecule has 0 spiro atoms. The molecule has 0 amide bonds. The van der Waals surface area contributed by atoms with Crippen molar-refractivity contribution in [2.75, 3.05) is 32.8 Å². The van der Waals surface area contributed by atoms with Crippen molar-refractivity contribution in [3.63, 3.8) is 0 Å². The van der Waals surface area contributed by atoms with Crippen molar-refractivity contribution in [3.8, 4) is 17.0 Å². The van der Waals surface area contributed by atoms with Crippen LogP contribution < -0.4 is 10.1 Å². The molecular weight excluding hydrogens is 405 g/mol. The number of pyridine rings is 1. The molecule has 3 heterocycles. The summed E-state index contributed by atoms with van der Waals surface area (Å²) < 4.78 is 47.4. The first-order chi connectivity index (χ1) is 15.0. The van der Waals surface area contributed by atoms with Gasteiger partial charge in [0.05, 0.1) is 23.6 Å². The molecule has 31 heavy (non-hydrogen) atoms. The summed E-state index contributed by atoms with van der Waals surface area (Å²) in [5.41, 5.74) is 2.18. The van der Waals surface area contributed by atoms with E-state index in [1.54, 1.807) is 4.40 Å². The van der Waals surface area contributed by atoms with E-state index in [4.69, 9.17) is 9.72 Å². The third kappa shape index (κ3) is 5.02. The molecule has 1 aliphatic rings. The number of hydrogen-bond acceptors (Lipinski definition) is 4. The molecule has 5 nitrogen and oxygen atoms in total. The average Bonchev–Trinajstić information content (AvgIpc) is 2.92. The van der Waals surface area contributed by atoms with E-state index in [0.29, 0.717) is 24.5 Å². The second kappa shape index (κ2) is 9.28. The SMILES string of the molecule is CCCOc1ccc(-c2nc3ccc(C(F)(F)F)cn3c2CN2CCCNCC2)cc1. The summed E-state index contributed by atoms with van der Waals surface area (Å²) in [5, 5.41) is 3.37. The summed E-state index contributed by atoms with van der Waals surface area (Å²) in [6, 6.07) is 10.1. The van der Waals surface area contributed by atoms with Crippen LogP contribution in [0.5, 0.6) is 5.75 Å². The molecule has 8 heteroatoms. The molecule has 0 radical (unpaired) electrons. The summed E-state index contributed by atoms with van der Waals surface area (Å²) in [6.45, 7) is 6.77. The quantitative estimate of drug-likeness (QED) is 0.618. The molecule has 1 aliphatic heterocycles. The maximum Gasteiger partial charge on any atom is 0.417 e. The van der Waals surface area contributed by atoms with Crippen molar-refractivity contribution in [2.24, 2.45) is 0 Å². The van der Waals surface area contributed by atoms with Crippen LogP contribution in [0.4, 0.5) is 13.2 Å². The molecule has 1 N–H and O–H groups in total. The second-order valence-corrected chi connectivity index (χ2v) is 7.80. The van der Waals surface area contributed by atoms with E-state index in [9.17, 15) is 13.2 Å². The molecule has 1 aromatic carbocycles. The standard InChI is InChI=1S/C23H27F3N4O/c1-2-14-31-19-7-4-17(5-8-19)22-20(16-29-12-3-10-27-11-13-29)30-15-18(23(24,25)26)6-9-21(30)28-22/h4-9,15,27H,2-3,10-14,16H2,1H3. The number of imidazole rings is 1. The van der Waals surface area contributed by atoms with Gasteiger partial charge in [0.25, 0.3) is 0 Å². The van der Waals surface area contributed by atoms with Crippen LogP contribution in [-0.2, 0) is 12.7 Å². The van der Waals surface area contributed by atoms with Gasteiger partial charge in [-0.2, -0.15) is 13.2 Å². The Balaban J connectivity index is 1.75. The van der Waals surface area contributed by atoms with Gasteiger partial charge in [-0.25, -0.2) is 4.98 Å². The van der Waals surface area contributed by atoms with Crippen molar-refractivity contribution >= 4 is 5.65 Å². The highest BCUT2D eigenvalue weighted by molar-refractivity contribution is 5.67. The van der Waals surface area contributed by atoms with Gasteiger partial charge in [0.15, 0.2) is 0 Å². The number of benzene rings is 1. The lowest BCUT2D eigenvalue weighted by atomic mass is 10.1. The maximum absolute atomic E-state index is 13.4. The molecular formula is C23H27F3N4O. The topological polar surface area (TPSA) is 41.8 Å². The zero-order valence-corrected chi connectivity index (χ0v) is 17.6. The summed E-state index contributed by atoms with van der Waals surface area (Å²) in [4.78, 5) is 6.97. The highest BCUT2D eigenvalue weighted by atomic mass is 19.4. The molecule has 1 fully saturated rings. The fraction of sp³-hybridized carbons (Fsp3) is 0.435. The highest BCUT2D eigenvalue weighted by Crippen LogP contribution is 2.32. The van der Waals surface area contributed by atoms with E-state index in [1.807, 2.05) is 31.2 Å². The maximum atomic E-state index is 13.4. The first-order valence-corrected chi connectivity index (χ1v) is 10.7. The van der Waals surface area contributed by atoms with Crippen LogP contribution in [0.1, 0.15) is 31.0 Å². The Bertz CT molecular complexity index is 1010. The molecule has 0 aliphatic carbocycles. The molecule has 3 aromatic rings. The fourth-order valence-electron chi connectivity index (χ4n) is 3.84. The minimum atomic E-state index is -4.40. The van der Waals surface area contributed by atoms with Gasteiger partial charge in [0, 0.05) is 31.4 Å². The van der Waals surface area contributed by atoms with Crippen LogP contribution in [0.3, 0.4) is 0 Å². The van der Waals surface area contributed by atoms with Crippen molar-refractivity contribution in [3.05, 3.63) is 53.9 Å². The summed E-state index contributed by atoms with van der Waals surface area (Å²) in [5.74, 6) is 0.772. The lowest BCUT2D eigenvalue weighted by Gasteiger charge is -2.20. The van der Waals surface area contributed by atoms with Crippen LogP contribution in [0.2, 0.25) is 0 Å². The van der Waals surface area contributed by atoms with Crippen molar-refractivity contribution < 1.29 is 17.9 Å². The Morgan fingerprint density at radius 2 is 1.87 bits per heavy atom. The van der Waals surface area contributed by atoms with Gasteiger partial charge in [0.2, 0.25) is 0 Å². The Labute approximate surface area is 179 Å². The minimum Gasteiger partial charge on any atom is -0.494 e. The van der Waals surface area contributed by atoms with Gasteiger partial charge < -0.3 is 14.5 Å². The third-order valence-electron chi connectivity index (χ3n) is 5.45. The predicted molar refractivity (Wildman–Crippen MR) is 114 cm³/mol. The normalized spacial score (nSPS) is 15.9. The lowest BCUT2D eigenvalue weighted by molar-refractivity contribution is -0.137. The van der Waals surface area contributed by atoms with Crippen LogP contribution >= 0.6 is 0 Å². The summed E-state index contributed by atoms with van der Waals surface area (Å²) >= 11 is 0. The number of ether oxygens (including phenoxy) is 1. The number of alkyl halides is 3. The zero-order valence-electron chi connectivity index (χ0n) is 17.6. The third-order valence-corrected chi connectivity index (χ3v) is 5.45. The van der Waals surface area contributed by atoms with Crippen LogP contribution in [-0.4, -0.2) is 47.1 Å². The van der Waals surface area contributed by atoms with Gasteiger partial charge in [-0.1, -0.05) is 6.92 Å². The molecule has 4 rings (SSSR count). The Hall–Kier alpha value is -2.58. The largest absolute Gasteiger partial charge is 0.494 e. The Morgan fingerprint density at radius 1 is 1.06 bits per heavy atom. The molecule has 0 saturated carbocycles. The van der Waals surface area contributed by atoms with Crippen molar-refractivity contribution in [1.82, 2.24) is 19.6 Å². The van der Waals surface area contributed by atoms with Gasteiger partial charge in [-0.05, 0) is 62.3 Å². The molecule has 166 valence electrons. The molecule has 1 saturated heterocycles. The van der Waals surface area contributed by atoms with Gasteiger partial charge in [-0.3, -0.25) is 4.90 Å². The molecule has 2 aromatic heterocycles. The van der Waals surface area contributed by atoms with Crippen molar-refractivity contribution in [1.29, 1.82) is 0 Å². The van der Waals surface area contributed by atoms with Crippen LogP contribution in [0.15, 0.2) is 42.6 Å². The van der Waals surface area contributed by atoms with E-state index >= 15 is 0 Å². The lowest BCUT2D eigenvalue weighted by Crippen LogP contribution is -2.28. The highest BCUT2D eigenvalue weighted by Gasteiger charge is 2.31. The second-order valence-electron chi connectivity index (χ2n) is 7.80. The number of fused-ring (bicyclic) bond motifs is 1. The first kappa shape index (κ1) is 21.6. The van der Waals surface area contributed by atoms with Gasteiger partial charge >= 0.3 is 6.18 Å². The summed E-state index contributed by atoms with van der Waals surface area (Å²) in [7, 11) is 0. The van der Waals surface area contributed by atoms with Crippen LogP contribution in [0, 0.1) is 0 Å². The zero-order chi connectivity index (χ0) is 21.8. The van der Waals surface area contributed by atoms with E-state index in [0.717, 1.165) is 68.3 Å². The Morgan fingerprint density at radius 3 is 2.61 bits per heavy atom. The number of rotatable bonds is 6. The number of aromatic nitrogens is 2. The van der Waals surface area contributed by atoms with Crippen LogP contribution in [0.25, 0.3) is 16.9 Å². The number of halogens is 3. The number of nitrogens with one attached hydrogen (secondary N) is 1. The van der Waals surface area contributed by atoms with E-state index in [-0.39, 0.29) is 0 Å². The average molecular weight is 432 g/mol. The molecule has 0 bridgehead atoms. The monoisotopic (exact) mass is 432 g/mol. The van der Waals surface area contributed by atoms with E-state index in [2.05, 4.69) is 10.2 Å². The molecule has 0 atom stereocenters. The van der Waals surface area contributed by atoms with Gasteiger partial charge in [0.1, 0.15) is 11.4 Å². The van der Waals surface area contributed by atoms with Gasteiger partial charge in [-0.15, -0.1) is 0 Å². The van der Waals surface area contributed by atoms with E-state index in [1.165, 1.54) is 6.07 Å². The smallest absolute Gasteiger partial charge is 0.417 e. The minimum absolute atomic E-state index is 0.511. The fourth-order valence-corrected chi connectivity index (χ4v) is 3.84. The predicted octanol–water partition coefficient (Wildman–Crippen LogP) is 4.60. The first-order valence-electron chi connectivity index (χ1n) is 10.7. The number of hydrogen-bond donors (Lipinski definition) is 1. The Kier molecular flexibility index (Phi) is 6.48. The molecule has 0 unspecified atom stereocenters. The van der Waals surface area contributed by atoms with E-state index < -0.39 is 11.7 Å². The number of nitrogens with zero attached hydrogens (tertiary/aromatic N) is 3.